The van der Waals surface area contributed by atoms with Gasteiger partial charge in [0.05, 0.1) is 6.61 Å². The van der Waals surface area contributed by atoms with E-state index in [1.807, 2.05) is 0 Å². The van der Waals surface area contributed by atoms with Gasteiger partial charge in [0.15, 0.2) is 11.6 Å². The molecule has 1 rings (SSSR count). The van der Waals surface area contributed by atoms with Gasteiger partial charge in [-0.2, -0.15) is 0 Å². The number of carbonyl (C=O) groups excluding carboxylic acids is 2. The van der Waals surface area contributed by atoms with Crippen LogP contribution in [0.5, 0.6) is 5.75 Å². The standard InChI is InChI=1S/C11H12FNO4/c1-2-17-10(15)6-13-11(16)7-3-4-9(14)8(12)5-7/h3-5,14H,2,6H2,1H3,(H,13,16). The molecule has 5 nitrogen and oxygen atoms in total. The summed E-state index contributed by atoms with van der Waals surface area (Å²) in [6, 6.07) is 3.20. The highest BCUT2D eigenvalue weighted by atomic mass is 19.1. The highest BCUT2D eigenvalue weighted by Crippen LogP contribution is 2.15. The molecule has 1 aromatic rings. The van der Waals surface area contributed by atoms with Gasteiger partial charge in [0, 0.05) is 5.56 Å². The van der Waals surface area contributed by atoms with Gasteiger partial charge in [-0.1, -0.05) is 0 Å². The second kappa shape index (κ2) is 5.83. The van der Waals surface area contributed by atoms with Crippen molar-refractivity contribution >= 4 is 11.9 Å². The zero-order chi connectivity index (χ0) is 12.8. The van der Waals surface area contributed by atoms with Crippen LogP contribution in [-0.2, 0) is 9.53 Å². The maximum Gasteiger partial charge on any atom is 0.325 e. The number of esters is 1. The van der Waals surface area contributed by atoms with E-state index in [1.54, 1.807) is 6.92 Å². The van der Waals surface area contributed by atoms with Crippen molar-refractivity contribution < 1.29 is 23.8 Å². The summed E-state index contributed by atoms with van der Waals surface area (Å²) in [5, 5.41) is 11.2. The number of halogens is 1. The quantitative estimate of drug-likeness (QED) is 0.765. The molecule has 0 heterocycles. The molecule has 0 unspecified atom stereocenters. The number of carbonyl (C=O) groups is 2. The minimum atomic E-state index is -0.895. The lowest BCUT2D eigenvalue weighted by Gasteiger charge is -2.05. The molecule has 0 atom stereocenters. The minimum absolute atomic E-state index is 0.0181. The van der Waals surface area contributed by atoms with E-state index in [1.165, 1.54) is 6.07 Å². The molecule has 2 N–H and O–H groups in total. The summed E-state index contributed by atoms with van der Waals surface area (Å²) in [7, 11) is 0. The van der Waals surface area contributed by atoms with Crippen LogP contribution < -0.4 is 5.32 Å². The summed E-state index contributed by atoms with van der Waals surface area (Å²) in [5.41, 5.74) is 0.0181. The SMILES string of the molecule is CCOC(=O)CNC(=O)c1ccc(O)c(F)c1. The summed E-state index contributed by atoms with van der Waals surface area (Å²) >= 11 is 0. The first kappa shape index (κ1) is 13.0. The van der Waals surface area contributed by atoms with Crippen molar-refractivity contribution in [3.63, 3.8) is 0 Å². The van der Waals surface area contributed by atoms with E-state index in [2.05, 4.69) is 10.1 Å². The van der Waals surface area contributed by atoms with Gasteiger partial charge in [-0.15, -0.1) is 0 Å². The van der Waals surface area contributed by atoms with Crippen LogP contribution in [0.1, 0.15) is 17.3 Å². The number of aromatic hydroxyl groups is 1. The largest absolute Gasteiger partial charge is 0.505 e. The fourth-order valence-electron chi connectivity index (χ4n) is 1.11. The number of nitrogens with one attached hydrogen (secondary N) is 1. The predicted molar refractivity (Wildman–Crippen MR) is 57.0 cm³/mol. The molecule has 0 fully saturated rings. The van der Waals surface area contributed by atoms with Crippen LogP contribution in [0.25, 0.3) is 0 Å². The number of benzene rings is 1. The van der Waals surface area contributed by atoms with Crippen molar-refractivity contribution in [2.75, 3.05) is 13.2 Å². The molecule has 0 saturated heterocycles. The maximum absolute atomic E-state index is 12.9. The molecule has 6 heteroatoms. The lowest BCUT2D eigenvalue weighted by Crippen LogP contribution is -2.30. The first-order valence-electron chi connectivity index (χ1n) is 4.97. The van der Waals surface area contributed by atoms with Gasteiger partial charge in [-0.25, -0.2) is 4.39 Å². The van der Waals surface area contributed by atoms with Crippen LogP contribution in [-0.4, -0.2) is 30.1 Å². The average molecular weight is 241 g/mol. The Balaban J connectivity index is 2.58. The molecule has 0 bridgehead atoms. The average Bonchev–Trinajstić information content (AvgIpc) is 2.30. The normalized spacial score (nSPS) is 9.76. The highest BCUT2D eigenvalue weighted by molar-refractivity contribution is 5.96. The summed E-state index contributed by atoms with van der Waals surface area (Å²) in [4.78, 5) is 22.4. The lowest BCUT2D eigenvalue weighted by molar-refractivity contribution is -0.141. The van der Waals surface area contributed by atoms with Crippen molar-refractivity contribution in [3.8, 4) is 5.75 Å². The van der Waals surface area contributed by atoms with E-state index in [-0.39, 0.29) is 18.7 Å². The Bertz CT molecular complexity index is 433. The van der Waals surface area contributed by atoms with Crippen molar-refractivity contribution in [2.45, 2.75) is 6.92 Å². The molecule has 1 aromatic carbocycles. The number of hydrogen-bond donors (Lipinski definition) is 2. The third-order valence-corrected chi connectivity index (χ3v) is 1.91. The van der Waals surface area contributed by atoms with E-state index < -0.39 is 23.4 Å². The zero-order valence-electron chi connectivity index (χ0n) is 9.20. The zero-order valence-corrected chi connectivity index (χ0v) is 9.20. The second-order valence-corrected chi connectivity index (χ2v) is 3.15. The first-order chi connectivity index (χ1) is 8.04. The molecule has 92 valence electrons. The molecule has 0 aliphatic carbocycles. The maximum atomic E-state index is 12.9. The molecule has 17 heavy (non-hydrogen) atoms. The number of ether oxygens (including phenoxy) is 1. The summed E-state index contributed by atoms with van der Waals surface area (Å²) < 4.78 is 17.5. The Morgan fingerprint density at radius 3 is 2.76 bits per heavy atom. The number of amides is 1. The van der Waals surface area contributed by atoms with Crippen LogP contribution in [0.3, 0.4) is 0 Å². The molecule has 1 amide bonds. The Morgan fingerprint density at radius 2 is 2.18 bits per heavy atom. The predicted octanol–water partition coefficient (Wildman–Crippen LogP) is 0.824. The smallest absolute Gasteiger partial charge is 0.325 e. The van der Waals surface area contributed by atoms with Gasteiger partial charge in [0.25, 0.3) is 5.91 Å². The van der Waals surface area contributed by atoms with Gasteiger partial charge < -0.3 is 15.2 Å². The molecule has 0 saturated carbocycles. The van der Waals surface area contributed by atoms with Crippen LogP contribution >= 0.6 is 0 Å². The lowest BCUT2D eigenvalue weighted by atomic mass is 10.2. The van der Waals surface area contributed by atoms with Crippen molar-refractivity contribution in [2.24, 2.45) is 0 Å². The molecule has 0 spiro atoms. The van der Waals surface area contributed by atoms with Crippen molar-refractivity contribution in [1.29, 1.82) is 0 Å². The Labute approximate surface area is 97.2 Å². The van der Waals surface area contributed by atoms with E-state index in [0.29, 0.717) is 0 Å². The van der Waals surface area contributed by atoms with Gasteiger partial charge in [0.1, 0.15) is 6.54 Å². The summed E-state index contributed by atoms with van der Waals surface area (Å²) in [6.07, 6.45) is 0. The van der Waals surface area contributed by atoms with Crippen molar-refractivity contribution in [1.82, 2.24) is 5.32 Å². The molecular formula is C11H12FNO4. The van der Waals surface area contributed by atoms with Crippen LogP contribution in [0.15, 0.2) is 18.2 Å². The van der Waals surface area contributed by atoms with Gasteiger partial charge in [-0.3, -0.25) is 9.59 Å². The molecule has 0 radical (unpaired) electrons. The first-order valence-corrected chi connectivity index (χ1v) is 4.97. The van der Waals surface area contributed by atoms with E-state index in [9.17, 15) is 14.0 Å². The third-order valence-electron chi connectivity index (χ3n) is 1.91. The molecular weight excluding hydrogens is 229 g/mol. The molecule has 0 aliphatic heterocycles. The second-order valence-electron chi connectivity index (χ2n) is 3.15. The van der Waals surface area contributed by atoms with E-state index in [4.69, 9.17) is 5.11 Å². The Kier molecular flexibility index (Phi) is 4.45. The molecule has 0 aromatic heterocycles. The Hall–Kier alpha value is -2.11. The highest BCUT2D eigenvalue weighted by Gasteiger charge is 2.10. The third kappa shape index (κ3) is 3.75. The van der Waals surface area contributed by atoms with Crippen molar-refractivity contribution in [3.05, 3.63) is 29.6 Å². The van der Waals surface area contributed by atoms with Crippen LogP contribution in [0, 0.1) is 5.82 Å². The van der Waals surface area contributed by atoms with Gasteiger partial charge >= 0.3 is 5.97 Å². The number of rotatable bonds is 4. The van der Waals surface area contributed by atoms with Crippen LogP contribution in [0.4, 0.5) is 4.39 Å². The van der Waals surface area contributed by atoms with Crippen LogP contribution in [0.2, 0.25) is 0 Å². The molecule has 0 aliphatic rings. The monoisotopic (exact) mass is 241 g/mol. The number of hydrogen-bond acceptors (Lipinski definition) is 4. The number of phenolic OH excluding ortho intramolecular Hbond substituents is 1. The Morgan fingerprint density at radius 1 is 1.47 bits per heavy atom. The fourth-order valence-corrected chi connectivity index (χ4v) is 1.11. The van der Waals surface area contributed by atoms with E-state index in [0.717, 1.165) is 12.1 Å². The topological polar surface area (TPSA) is 75.6 Å². The number of phenols is 1. The van der Waals surface area contributed by atoms with Gasteiger partial charge in [0.2, 0.25) is 0 Å². The minimum Gasteiger partial charge on any atom is -0.505 e. The van der Waals surface area contributed by atoms with Gasteiger partial charge in [-0.05, 0) is 25.1 Å². The van der Waals surface area contributed by atoms with E-state index >= 15 is 0 Å². The summed E-state index contributed by atoms with van der Waals surface area (Å²) in [6.45, 7) is 1.59. The fraction of sp³-hybridized carbons (Fsp3) is 0.273. The summed E-state index contributed by atoms with van der Waals surface area (Å²) in [5.74, 6) is -2.61.